The molecule has 11 heteroatoms. The minimum Gasteiger partial charge on any atom is -0.493 e. The first-order chi connectivity index (χ1) is 12.8. The van der Waals surface area contributed by atoms with Crippen molar-refractivity contribution in [2.75, 3.05) is 25.1 Å². The molecule has 2 rings (SSSR count). The van der Waals surface area contributed by atoms with Crippen LogP contribution in [0.25, 0.3) is 0 Å². The third kappa shape index (κ3) is 5.36. The van der Waals surface area contributed by atoms with Gasteiger partial charge in [0.05, 0.1) is 12.2 Å². The van der Waals surface area contributed by atoms with E-state index < -0.39 is 53.6 Å². The molecule has 2 N–H and O–H groups in total. The number of rotatable bonds is 6. The molecule has 0 radical (unpaired) electrons. The molecule has 2 amide bonds. The van der Waals surface area contributed by atoms with Crippen LogP contribution < -0.4 is 10.6 Å². The second kappa shape index (κ2) is 8.92. The summed E-state index contributed by atoms with van der Waals surface area (Å²) in [6.45, 7) is 1.06. The third-order valence-electron chi connectivity index (χ3n) is 3.24. The van der Waals surface area contributed by atoms with Crippen molar-refractivity contribution in [2.24, 2.45) is 0 Å². The van der Waals surface area contributed by atoms with Crippen molar-refractivity contribution in [1.82, 2.24) is 5.32 Å². The van der Waals surface area contributed by atoms with E-state index in [0.717, 1.165) is 12.3 Å². The van der Waals surface area contributed by atoms with E-state index in [-0.39, 0.29) is 19.0 Å². The van der Waals surface area contributed by atoms with Gasteiger partial charge in [0.25, 0.3) is 5.91 Å². The minimum atomic E-state index is -1.74. The first-order valence-electron chi connectivity index (χ1n) is 7.66. The fourth-order valence-corrected chi connectivity index (χ4v) is 1.88. The van der Waals surface area contributed by atoms with Gasteiger partial charge in [-0.05, 0) is 19.1 Å². The van der Waals surface area contributed by atoms with Gasteiger partial charge in [-0.1, -0.05) is 0 Å². The minimum absolute atomic E-state index is 0.155. The molecule has 0 aromatic heterocycles. The molecule has 8 nitrogen and oxygen atoms in total. The van der Waals surface area contributed by atoms with Crippen molar-refractivity contribution in [2.45, 2.75) is 13.0 Å². The molecule has 0 saturated carbocycles. The van der Waals surface area contributed by atoms with Crippen molar-refractivity contribution in [3.8, 4) is 0 Å². The number of esters is 1. The lowest BCUT2D eigenvalue weighted by atomic mass is 10.2. The Morgan fingerprint density at radius 2 is 1.93 bits per heavy atom. The average Bonchev–Trinajstić information content (AvgIpc) is 2.67. The number of amides is 2. The van der Waals surface area contributed by atoms with Crippen molar-refractivity contribution in [3.63, 3.8) is 0 Å². The van der Waals surface area contributed by atoms with E-state index in [0.29, 0.717) is 6.07 Å². The molecule has 27 heavy (non-hydrogen) atoms. The highest BCUT2D eigenvalue weighted by molar-refractivity contribution is 5.96. The number of carbonyl (C=O) groups excluding carboxylic acids is 3. The molecule has 0 fully saturated rings. The Balaban J connectivity index is 1.82. The maximum atomic E-state index is 13.5. The van der Waals surface area contributed by atoms with Crippen LogP contribution in [0, 0.1) is 17.5 Å². The summed E-state index contributed by atoms with van der Waals surface area (Å²) in [6, 6.07) is 1.47. The number of carbonyl (C=O) groups is 3. The fourth-order valence-electron chi connectivity index (χ4n) is 1.88. The number of hydrogen-bond acceptors (Lipinski definition) is 6. The van der Waals surface area contributed by atoms with E-state index in [1.807, 2.05) is 5.32 Å². The zero-order chi connectivity index (χ0) is 20.0. The molecule has 0 spiro atoms. The summed E-state index contributed by atoms with van der Waals surface area (Å²) in [6.07, 6.45) is -0.211. The Morgan fingerprint density at radius 3 is 2.59 bits per heavy atom. The van der Waals surface area contributed by atoms with Crippen molar-refractivity contribution < 1.29 is 41.8 Å². The molecule has 1 heterocycles. The van der Waals surface area contributed by atoms with Gasteiger partial charge in [0.2, 0.25) is 11.7 Å². The number of ether oxygens (including phenoxy) is 3. The lowest BCUT2D eigenvalue weighted by Gasteiger charge is -2.17. The summed E-state index contributed by atoms with van der Waals surface area (Å²) in [4.78, 5) is 35.3. The average molecular weight is 388 g/mol. The zero-order valence-corrected chi connectivity index (χ0v) is 14.0. The Hall–Kier alpha value is -3.24. The zero-order valence-electron chi connectivity index (χ0n) is 14.0. The van der Waals surface area contributed by atoms with Crippen molar-refractivity contribution >= 4 is 23.5 Å². The standard InChI is InChI=1S/C16H15F3N2O6/c1-8(27-16(24)11-7-25-4-5-26-11)15(23)20-6-12(22)21-10-3-2-9(17)13(18)14(10)19/h2-3,7-8H,4-6H2,1H3,(H,20,23)(H,21,22). The molecule has 1 aliphatic heterocycles. The molecule has 0 saturated heterocycles. The predicted molar refractivity (Wildman–Crippen MR) is 83.5 cm³/mol. The summed E-state index contributed by atoms with van der Waals surface area (Å²) in [7, 11) is 0. The van der Waals surface area contributed by atoms with Crippen LogP contribution in [0.3, 0.4) is 0 Å². The molecular formula is C16H15F3N2O6. The summed E-state index contributed by atoms with van der Waals surface area (Å²) in [5, 5.41) is 4.12. The van der Waals surface area contributed by atoms with E-state index in [1.165, 1.54) is 6.92 Å². The van der Waals surface area contributed by atoms with E-state index in [2.05, 4.69) is 5.32 Å². The Bertz CT molecular complexity index is 784. The van der Waals surface area contributed by atoms with Gasteiger partial charge in [0, 0.05) is 0 Å². The van der Waals surface area contributed by atoms with Crippen LogP contribution in [0.15, 0.2) is 24.2 Å². The lowest BCUT2D eigenvalue weighted by Crippen LogP contribution is -2.40. The van der Waals surface area contributed by atoms with E-state index in [4.69, 9.17) is 14.2 Å². The first kappa shape index (κ1) is 20.1. The highest BCUT2D eigenvalue weighted by Crippen LogP contribution is 2.19. The fraction of sp³-hybridized carbons (Fsp3) is 0.312. The van der Waals surface area contributed by atoms with Crippen LogP contribution >= 0.6 is 0 Å². The van der Waals surface area contributed by atoms with Crippen LogP contribution in [-0.4, -0.2) is 43.6 Å². The quantitative estimate of drug-likeness (QED) is 0.556. The van der Waals surface area contributed by atoms with E-state index in [9.17, 15) is 27.6 Å². The van der Waals surface area contributed by atoms with Gasteiger partial charge in [-0.25, -0.2) is 18.0 Å². The highest BCUT2D eigenvalue weighted by atomic mass is 19.2. The number of hydrogen-bond donors (Lipinski definition) is 2. The number of halogens is 3. The van der Waals surface area contributed by atoms with Gasteiger partial charge in [0.15, 0.2) is 23.6 Å². The van der Waals surface area contributed by atoms with Gasteiger partial charge < -0.3 is 24.8 Å². The maximum Gasteiger partial charge on any atom is 0.377 e. The molecule has 1 aromatic rings. The van der Waals surface area contributed by atoms with E-state index in [1.54, 1.807) is 0 Å². The van der Waals surface area contributed by atoms with Crippen LogP contribution in [0.2, 0.25) is 0 Å². The molecule has 146 valence electrons. The summed E-state index contributed by atoms with van der Waals surface area (Å²) in [5.41, 5.74) is -0.589. The van der Waals surface area contributed by atoms with Crippen LogP contribution in [-0.2, 0) is 28.6 Å². The topological polar surface area (TPSA) is 103 Å². The molecule has 1 aliphatic rings. The second-order valence-corrected chi connectivity index (χ2v) is 5.24. The third-order valence-corrected chi connectivity index (χ3v) is 3.24. The van der Waals surface area contributed by atoms with E-state index >= 15 is 0 Å². The monoisotopic (exact) mass is 388 g/mol. The second-order valence-electron chi connectivity index (χ2n) is 5.24. The normalized spacial score (nSPS) is 14.1. The van der Waals surface area contributed by atoms with Gasteiger partial charge in [-0.3, -0.25) is 9.59 Å². The number of anilines is 1. The van der Waals surface area contributed by atoms with Crippen LogP contribution in [0.4, 0.5) is 18.9 Å². The predicted octanol–water partition coefficient (Wildman–Crippen LogP) is 0.978. The Kier molecular flexibility index (Phi) is 6.63. The van der Waals surface area contributed by atoms with Gasteiger partial charge in [0.1, 0.15) is 19.5 Å². The smallest absolute Gasteiger partial charge is 0.377 e. The van der Waals surface area contributed by atoms with Gasteiger partial charge in [-0.2, -0.15) is 0 Å². The van der Waals surface area contributed by atoms with Gasteiger partial charge in [-0.15, -0.1) is 0 Å². The Morgan fingerprint density at radius 1 is 1.19 bits per heavy atom. The lowest BCUT2D eigenvalue weighted by molar-refractivity contribution is -0.155. The molecule has 1 aromatic carbocycles. The largest absolute Gasteiger partial charge is 0.493 e. The SMILES string of the molecule is CC(OC(=O)C1=COCCO1)C(=O)NCC(=O)Nc1ccc(F)c(F)c1F. The molecule has 1 atom stereocenters. The summed E-state index contributed by atoms with van der Waals surface area (Å²) >= 11 is 0. The van der Waals surface area contributed by atoms with Crippen molar-refractivity contribution in [1.29, 1.82) is 0 Å². The molecule has 0 bridgehead atoms. The van der Waals surface area contributed by atoms with Crippen LogP contribution in [0.5, 0.6) is 0 Å². The molecule has 1 unspecified atom stereocenters. The maximum absolute atomic E-state index is 13.5. The first-order valence-corrected chi connectivity index (χ1v) is 7.66. The summed E-state index contributed by atoms with van der Waals surface area (Å²) < 4.78 is 54.1. The molecular weight excluding hydrogens is 373 g/mol. The summed E-state index contributed by atoms with van der Waals surface area (Å²) in [5.74, 6) is -7.56. The van der Waals surface area contributed by atoms with Crippen LogP contribution in [0.1, 0.15) is 6.92 Å². The highest BCUT2D eigenvalue weighted by Gasteiger charge is 2.23. The van der Waals surface area contributed by atoms with Gasteiger partial charge >= 0.3 is 5.97 Å². The van der Waals surface area contributed by atoms with Crippen molar-refractivity contribution in [3.05, 3.63) is 41.6 Å². The number of benzene rings is 1. The number of nitrogens with one attached hydrogen (secondary N) is 2. The molecule has 0 aliphatic carbocycles. The Labute approximate surface area is 151 Å².